The van der Waals surface area contributed by atoms with Gasteiger partial charge in [0.15, 0.2) is 0 Å². The van der Waals surface area contributed by atoms with Crippen molar-refractivity contribution in [1.82, 2.24) is 5.32 Å². The predicted octanol–water partition coefficient (Wildman–Crippen LogP) is 4.39. The second kappa shape index (κ2) is 6.90. The third-order valence-electron chi connectivity index (χ3n) is 7.22. The minimum absolute atomic E-state index is 0.000340. The van der Waals surface area contributed by atoms with E-state index < -0.39 is 0 Å². The first-order valence-corrected chi connectivity index (χ1v) is 10.4. The minimum atomic E-state index is 0.000340. The molecule has 0 spiro atoms. The van der Waals surface area contributed by atoms with Crippen LogP contribution in [0.3, 0.4) is 0 Å². The molecule has 0 aromatic heterocycles. The molecule has 2 fully saturated rings. The minimum Gasteiger partial charge on any atom is -0.461 e. The number of fused-ring (bicyclic) bond motifs is 2. The Balaban J connectivity index is 1.43. The molecule has 138 valence electrons. The molecular formula is C22H33NO2. The van der Waals surface area contributed by atoms with Crippen molar-refractivity contribution in [3.63, 3.8) is 0 Å². The van der Waals surface area contributed by atoms with Crippen molar-refractivity contribution in [3.05, 3.63) is 23.3 Å². The number of rotatable bonds is 4. The van der Waals surface area contributed by atoms with Crippen LogP contribution in [0.5, 0.6) is 0 Å². The van der Waals surface area contributed by atoms with E-state index in [1.54, 1.807) is 0 Å². The molecule has 3 aliphatic carbocycles. The Labute approximate surface area is 152 Å². The molecule has 1 aliphatic heterocycles. The maximum Gasteiger partial charge on any atom is 0.311 e. The van der Waals surface area contributed by atoms with Crippen molar-refractivity contribution >= 4 is 5.97 Å². The van der Waals surface area contributed by atoms with Crippen LogP contribution in [0.15, 0.2) is 23.3 Å². The normalized spacial score (nSPS) is 38.5. The van der Waals surface area contributed by atoms with E-state index in [1.807, 2.05) is 0 Å². The average molecular weight is 344 g/mol. The highest BCUT2D eigenvalue weighted by Gasteiger charge is 2.50. The predicted molar refractivity (Wildman–Crippen MR) is 100 cm³/mol. The Kier molecular flexibility index (Phi) is 4.79. The molecule has 4 atom stereocenters. The van der Waals surface area contributed by atoms with Crippen molar-refractivity contribution in [2.24, 2.45) is 23.2 Å². The van der Waals surface area contributed by atoms with Gasteiger partial charge in [-0.15, -0.1) is 0 Å². The summed E-state index contributed by atoms with van der Waals surface area (Å²) in [6.07, 6.45) is 15.0. The summed E-state index contributed by atoms with van der Waals surface area (Å²) in [5.74, 6) is 1.08. The summed E-state index contributed by atoms with van der Waals surface area (Å²) in [5, 5.41) is 3.61. The fourth-order valence-electron chi connectivity index (χ4n) is 5.70. The largest absolute Gasteiger partial charge is 0.461 e. The highest BCUT2D eigenvalue weighted by Crippen LogP contribution is 2.52. The number of carbonyl (C=O) groups excluding carboxylic acids is 1. The Hall–Kier alpha value is -1.09. The Morgan fingerprint density at radius 1 is 1.24 bits per heavy atom. The van der Waals surface area contributed by atoms with E-state index in [1.165, 1.54) is 49.7 Å². The fraction of sp³-hybridized carbons (Fsp3) is 0.773. The second-order valence-electron chi connectivity index (χ2n) is 9.09. The van der Waals surface area contributed by atoms with E-state index >= 15 is 0 Å². The van der Waals surface area contributed by atoms with Gasteiger partial charge in [0, 0.05) is 12.5 Å². The van der Waals surface area contributed by atoms with Crippen LogP contribution in [0.25, 0.3) is 0 Å². The smallest absolute Gasteiger partial charge is 0.311 e. The molecule has 1 N–H and O–H groups in total. The van der Waals surface area contributed by atoms with Gasteiger partial charge in [0.25, 0.3) is 0 Å². The summed E-state index contributed by atoms with van der Waals surface area (Å²) in [7, 11) is 0. The maximum absolute atomic E-state index is 12.5. The fourth-order valence-corrected chi connectivity index (χ4v) is 5.70. The lowest BCUT2D eigenvalue weighted by Crippen LogP contribution is -2.38. The molecule has 1 saturated heterocycles. The highest BCUT2D eigenvalue weighted by atomic mass is 16.6. The van der Waals surface area contributed by atoms with E-state index in [0.29, 0.717) is 0 Å². The molecule has 25 heavy (non-hydrogen) atoms. The maximum atomic E-state index is 12.5. The molecule has 0 aromatic carbocycles. The van der Waals surface area contributed by atoms with E-state index in [2.05, 4.69) is 31.3 Å². The van der Waals surface area contributed by atoms with E-state index in [0.717, 1.165) is 31.8 Å². The number of ether oxygens (including phenoxy) is 1. The average Bonchev–Trinajstić information content (AvgIpc) is 2.88. The molecule has 0 bridgehead atoms. The lowest BCUT2D eigenvalue weighted by molar-refractivity contribution is -0.145. The molecule has 1 heterocycles. The van der Waals surface area contributed by atoms with Crippen LogP contribution in [0.1, 0.15) is 65.2 Å². The zero-order valence-corrected chi connectivity index (χ0v) is 15.9. The van der Waals surface area contributed by atoms with Crippen molar-refractivity contribution in [2.45, 2.75) is 71.3 Å². The van der Waals surface area contributed by atoms with Crippen LogP contribution in [0.2, 0.25) is 0 Å². The van der Waals surface area contributed by atoms with E-state index in [4.69, 9.17) is 4.74 Å². The summed E-state index contributed by atoms with van der Waals surface area (Å²) < 4.78 is 5.83. The van der Waals surface area contributed by atoms with Crippen molar-refractivity contribution < 1.29 is 9.53 Å². The van der Waals surface area contributed by atoms with Crippen LogP contribution >= 0.6 is 0 Å². The van der Waals surface area contributed by atoms with E-state index in [9.17, 15) is 4.79 Å². The first-order valence-electron chi connectivity index (χ1n) is 10.4. The summed E-state index contributed by atoms with van der Waals surface area (Å²) in [6.45, 7) is 6.43. The van der Waals surface area contributed by atoms with Crippen LogP contribution < -0.4 is 5.32 Å². The summed E-state index contributed by atoms with van der Waals surface area (Å²) in [5.41, 5.74) is 3.10. The molecule has 0 radical (unpaired) electrons. The molecule has 0 amide bonds. The monoisotopic (exact) mass is 343 g/mol. The van der Waals surface area contributed by atoms with Crippen molar-refractivity contribution in [3.8, 4) is 0 Å². The number of hydrogen-bond acceptors (Lipinski definition) is 3. The number of allylic oxidation sites excluding steroid dienone is 3. The van der Waals surface area contributed by atoms with Gasteiger partial charge in [-0.3, -0.25) is 4.79 Å². The number of hydrogen-bond donors (Lipinski definition) is 1. The van der Waals surface area contributed by atoms with Crippen molar-refractivity contribution in [2.75, 3.05) is 13.1 Å². The molecule has 3 heteroatoms. The van der Waals surface area contributed by atoms with Crippen LogP contribution in [-0.4, -0.2) is 25.2 Å². The van der Waals surface area contributed by atoms with Gasteiger partial charge in [-0.25, -0.2) is 0 Å². The Bertz CT molecular complexity index is 587. The third-order valence-corrected chi connectivity index (χ3v) is 7.22. The van der Waals surface area contributed by atoms with Gasteiger partial charge >= 0.3 is 5.97 Å². The Morgan fingerprint density at radius 3 is 2.84 bits per heavy atom. The zero-order valence-electron chi connectivity index (χ0n) is 15.9. The van der Waals surface area contributed by atoms with Gasteiger partial charge in [0.05, 0.1) is 5.92 Å². The molecule has 4 aliphatic rings. The molecule has 3 nitrogen and oxygen atoms in total. The van der Waals surface area contributed by atoms with E-state index in [-0.39, 0.29) is 29.3 Å². The Morgan fingerprint density at radius 2 is 2.04 bits per heavy atom. The number of nitrogens with one attached hydrogen (secondary N) is 1. The van der Waals surface area contributed by atoms with Gasteiger partial charge in [0.1, 0.15) is 6.10 Å². The molecule has 4 unspecified atom stereocenters. The van der Waals surface area contributed by atoms with Gasteiger partial charge in [-0.1, -0.05) is 43.9 Å². The molecule has 1 saturated carbocycles. The second-order valence-corrected chi connectivity index (χ2v) is 9.09. The summed E-state index contributed by atoms with van der Waals surface area (Å²) in [4.78, 5) is 12.5. The van der Waals surface area contributed by atoms with Crippen LogP contribution in [-0.2, 0) is 9.53 Å². The molecule has 4 rings (SSSR count). The molecule has 0 aromatic rings. The first-order chi connectivity index (χ1) is 12.1. The highest BCUT2D eigenvalue weighted by molar-refractivity contribution is 5.76. The SMILES string of the molecule is CC1=CCCC2(C)CC3OC(=O)C(CNCC4CCCCC4)C3C=C12. The lowest BCUT2D eigenvalue weighted by Gasteiger charge is -2.42. The quantitative estimate of drug-likeness (QED) is 0.769. The van der Waals surface area contributed by atoms with Crippen LogP contribution in [0, 0.1) is 23.2 Å². The molecular weight excluding hydrogens is 310 g/mol. The van der Waals surface area contributed by atoms with Crippen LogP contribution in [0.4, 0.5) is 0 Å². The summed E-state index contributed by atoms with van der Waals surface area (Å²) >= 11 is 0. The van der Waals surface area contributed by atoms with Crippen molar-refractivity contribution in [1.29, 1.82) is 0 Å². The lowest BCUT2D eigenvalue weighted by atomic mass is 9.62. The number of esters is 1. The third kappa shape index (κ3) is 3.32. The van der Waals surface area contributed by atoms with Gasteiger partial charge in [-0.2, -0.15) is 0 Å². The summed E-state index contributed by atoms with van der Waals surface area (Å²) in [6, 6.07) is 0. The van der Waals surface area contributed by atoms with Gasteiger partial charge in [-0.05, 0) is 62.5 Å². The standard InChI is InChI=1S/C22H33NO2/c1-15-7-6-10-22(2)12-20-17(11-19(15)22)18(21(24)25-20)14-23-13-16-8-4-3-5-9-16/h7,11,16-18,20,23H,3-6,8-10,12-14H2,1-2H3. The van der Waals surface area contributed by atoms with Gasteiger partial charge < -0.3 is 10.1 Å². The first kappa shape index (κ1) is 17.3. The topological polar surface area (TPSA) is 38.3 Å². The number of carbonyl (C=O) groups is 1. The zero-order chi connectivity index (χ0) is 17.4. The van der Waals surface area contributed by atoms with Gasteiger partial charge in [0.2, 0.25) is 0 Å².